The van der Waals surface area contributed by atoms with Gasteiger partial charge in [-0.2, -0.15) is 0 Å². The molecule has 0 bridgehead atoms. The van der Waals surface area contributed by atoms with Crippen LogP contribution in [0.4, 0.5) is 9.59 Å². The molecule has 0 radical (unpaired) electrons. The maximum absolute atomic E-state index is 11.2. The molecule has 0 aliphatic rings. The molecule has 0 fully saturated rings. The number of imide groups is 2. The van der Waals surface area contributed by atoms with E-state index in [4.69, 9.17) is 0 Å². The summed E-state index contributed by atoms with van der Waals surface area (Å²) in [6, 6.07) is -1.07. The Morgan fingerprint density at radius 1 is 0.950 bits per heavy atom. The van der Waals surface area contributed by atoms with Crippen molar-refractivity contribution in [3.63, 3.8) is 0 Å². The summed E-state index contributed by atoms with van der Waals surface area (Å²) in [6.07, 6.45) is 0.248. The van der Waals surface area contributed by atoms with E-state index in [2.05, 4.69) is 21.3 Å². The van der Waals surface area contributed by atoms with Crippen molar-refractivity contribution in [2.24, 2.45) is 0 Å². The van der Waals surface area contributed by atoms with Crippen LogP contribution in [0.3, 0.4) is 0 Å². The number of urea groups is 2. The van der Waals surface area contributed by atoms with Crippen LogP contribution < -0.4 is 21.3 Å². The molecule has 0 rings (SSSR count). The van der Waals surface area contributed by atoms with Gasteiger partial charge in [0.05, 0.1) is 5.75 Å². The van der Waals surface area contributed by atoms with Crippen molar-refractivity contribution in [2.75, 3.05) is 25.1 Å². The normalized spacial score (nSPS) is 9.50. The third kappa shape index (κ3) is 10.5. The van der Waals surface area contributed by atoms with Gasteiger partial charge in [-0.05, 0) is 0 Å². The second kappa shape index (κ2) is 11.4. The molecule has 0 heterocycles. The summed E-state index contributed by atoms with van der Waals surface area (Å²) in [6.45, 7) is 2.02. The zero-order chi connectivity index (χ0) is 15.4. The van der Waals surface area contributed by atoms with Crippen molar-refractivity contribution in [1.82, 2.24) is 21.3 Å². The minimum Gasteiger partial charge on any atom is -0.341 e. The molecule has 0 aromatic carbocycles. The molecule has 0 aromatic heterocycles. The molecular weight excluding hydrogens is 304 g/mol. The summed E-state index contributed by atoms with van der Waals surface area (Å²) in [5.74, 6) is -0.0129. The number of carbonyl (C=O) groups excluding carboxylic acids is 4. The molecule has 8 nitrogen and oxygen atoms in total. The smallest absolute Gasteiger partial charge is 0.321 e. The van der Waals surface area contributed by atoms with E-state index >= 15 is 0 Å². The average molecular weight is 322 g/mol. The predicted molar refractivity (Wildman–Crippen MR) is 79.3 cm³/mol. The lowest BCUT2D eigenvalue weighted by Gasteiger charge is -2.05. The van der Waals surface area contributed by atoms with E-state index in [9.17, 15) is 19.2 Å². The monoisotopic (exact) mass is 322 g/mol. The van der Waals surface area contributed by atoms with Gasteiger partial charge in [-0.3, -0.25) is 20.2 Å². The quantitative estimate of drug-likeness (QED) is 0.389. The number of nitrogens with one attached hydrogen (secondary N) is 4. The first-order chi connectivity index (χ1) is 9.49. The molecule has 0 atom stereocenters. The van der Waals surface area contributed by atoms with E-state index in [1.165, 1.54) is 28.6 Å². The van der Waals surface area contributed by atoms with Crippen LogP contribution in [0.1, 0.15) is 13.3 Å². The lowest BCUT2D eigenvalue weighted by Crippen LogP contribution is -2.40. The van der Waals surface area contributed by atoms with Gasteiger partial charge in [0.1, 0.15) is 0 Å². The van der Waals surface area contributed by atoms with E-state index in [1.54, 1.807) is 6.92 Å². The largest absolute Gasteiger partial charge is 0.341 e. The topological polar surface area (TPSA) is 116 Å². The number of amides is 6. The molecule has 10 heteroatoms. The molecule has 114 valence electrons. The summed E-state index contributed by atoms with van der Waals surface area (Å²) in [5.41, 5.74) is 0. The number of hydrogen-bond acceptors (Lipinski definition) is 6. The molecule has 6 amide bonds. The fraction of sp³-hybridized carbons (Fsp3) is 0.600. The second-order valence-corrected chi connectivity index (χ2v) is 5.95. The van der Waals surface area contributed by atoms with Crippen molar-refractivity contribution in [3.8, 4) is 0 Å². The van der Waals surface area contributed by atoms with Gasteiger partial charge in [0.2, 0.25) is 11.8 Å². The highest BCUT2D eigenvalue weighted by Crippen LogP contribution is 2.19. The van der Waals surface area contributed by atoms with Crippen molar-refractivity contribution in [2.45, 2.75) is 13.3 Å². The summed E-state index contributed by atoms with van der Waals surface area (Å²) in [4.78, 5) is 44.0. The van der Waals surface area contributed by atoms with Gasteiger partial charge in [-0.25, -0.2) is 9.59 Å². The Bertz CT molecular complexity index is 331. The second-order valence-electron chi connectivity index (χ2n) is 3.37. The lowest BCUT2D eigenvalue weighted by atomic mass is 10.5. The fourth-order valence-corrected chi connectivity index (χ4v) is 2.59. The number of rotatable bonds is 7. The van der Waals surface area contributed by atoms with E-state index in [0.29, 0.717) is 12.3 Å². The van der Waals surface area contributed by atoms with E-state index in [0.717, 1.165) is 0 Å². The van der Waals surface area contributed by atoms with Crippen molar-refractivity contribution >= 4 is 45.5 Å². The maximum atomic E-state index is 11.2. The van der Waals surface area contributed by atoms with Crippen LogP contribution >= 0.6 is 21.6 Å². The molecule has 20 heavy (non-hydrogen) atoms. The van der Waals surface area contributed by atoms with Gasteiger partial charge in [0.25, 0.3) is 0 Å². The Kier molecular flexibility index (Phi) is 10.6. The minimum absolute atomic E-state index is 0.138. The first-order valence-corrected chi connectivity index (χ1v) is 8.32. The Morgan fingerprint density at radius 3 is 2.20 bits per heavy atom. The van der Waals surface area contributed by atoms with Crippen LogP contribution in [-0.4, -0.2) is 49.0 Å². The molecule has 0 saturated carbocycles. The third-order valence-electron chi connectivity index (χ3n) is 1.80. The summed E-state index contributed by atoms with van der Waals surface area (Å²) in [7, 11) is 4.07. The van der Waals surface area contributed by atoms with Crippen LogP contribution in [0.2, 0.25) is 0 Å². The van der Waals surface area contributed by atoms with Crippen LogP contribution in [0, 0.1) is 0 Å². The molecule has 4 N–H and O–H groups in total. The zero-order valence-electron chi connectivity index (χ0n) is 11.3. The van der Waals surface area contributed by atoms with E-state index < -0.39 is 12.1 Å². The summed E-state index contributed by atoms with van der Waals surface area (Å²) >= 11 is 0. The predicted octanol–water partition coefficient (Wildman–Crippen LogP) is 0.0592. The van der Waals surface area contributed by atoms with Crippen LogP contribution in [-0.2, 0) is 9.59 Å². The Morgan fingerprint density at radius 2 is 1.60 bits per heavy atom. The maximum Gasteiger partial charge on any atom is 0.321 e. The van der Waals surface area contributed by atoms with Gasteiger partial charge < -0.3 is 10.6 Å². The first-order valence-electron chi connectivity index (χ1n) is 5.83. The Hall–Kier alpha value is -1.42. The highest BCUT2D eigenvalue weighted by molar-refractivity contribution is 8.76. The molecule has 0 aromatic rings. The molecule has 0 unspecified atom stereocenters. The first kappa shape index (κ1) is 18.6. The molecule has 0 spiro atoms. The van der Waals surface area contributed by atoms with E-state index in [1.807, 2.05) is 0 Å². The highest BCUT2D eigenvalue weighted by atomic mass is 33.1. The summed E-state index contributed by atoms with van der Waals surface area (Å²) < 4.78 is 0. The Labute approximate surface area is 125 Å². The molecule has 0 aliphatic carbocycles. The molecular formula is C10H18N4O4S2. The summed E-state index contributed by atoms with van der Waals surface area (Å²) in [5, 5.41) is 9.06. The fourth-order valence-electron chi connectivity index (χ4n) is 0.845. The van der Waals surface area contributed by atoms with Crippen LogP contribution in [0.25, 0.3) is 0 Å². The minimum atomic E-state index is -0.542. The SMILES string of the molecule is CCC(=O)NC(=O)NCCSSCC(=O)NC(=O)NC. The van der Waals surface area contributed by atoms with Crippen molar-refractivity contribution < 1.29 is 19.2 Å². The zero-order valence-corrected chi connectivity index (χ0v) is 12.9. The van der Waals surface area contributed by atoms with Gasteiger partial charge in [0.15, 0.2) is 0 Å². The standard InChI is InChI=1S/C10H18N4O4S2/c1-3-7(15)13-10(18)12-4-5-19-20-6-8(16)14-9(17)11-2/h3-6H2,1-2H3,(H2,11,14,16,17)(H2,12,13,15,18). The highest BCUT2D eigenvalue weighted by Gasteiger charge is 2.06. The van der Waals surface area contributed by atoms with Crippen LogP contribution in [0.5, 0.6) is 0 Å². The van der Waals surface area contributed by atoms with E-state index in [-0.39, 0.29) is 24.0 Å². The van der Waals surface area contributed by atoms with Crippen molar-refractivity contribution in [1.29, 1.82) is 0 Å². The van der Waals surface area contributed by atoms with Gasteiger partial charge in [0, 0.05) is 25.8 Å². The van der Waals surface area contributed by atoms with Gasteiger partial charge >= 0.3 is 12.1 Å². The number of hydrogen-bond donors (Lipinski definition) is 4. The lowest BCUT2D eigenvalue weighted by molar-refractivity contribution is -0.120. The van der Waals surface area contributed by atoms with Gasteiger partial charge in [-0.15, -0.1) is 0 Å². The third-order valence-corrected chi connectivity index (χ3v) is 4.07. The van der Waals surface area contributed by atoms with Crippen LogP contribution in [0.15, 0.2) is 0 Å². The van der Waals surface area contributed by atoms with Gasteiger partial charge in [-0.1, -0.05) is 28.5 Å². The Balaban J connectivity index is 3.49. The average Bonchev–Trinajstić information content (AvgIpc) is 2.42. The number of carbonyl (C=O) groups is 4. The molecule has 0 saturated heterocycles. The van der Waals surface area contributed by atoms with Crippen molar-refractivity contribution in [3.05, 3.63) is 0 Å². The molecule has 0 aliphatic heterocycles.